The van der Waals surface area contributed by atoms with Gasteiger partial charge in [0.2, 0.25) is 5.28 Å². The van der Waals surface area contributed by atoms with Crippen LogP contribution < -0.4 is 5.32 Å². The van der Waals surface area contributed by atoms with E-state index in [1.54, 1.807) is 6.07 Å². The van der Waals surface area contributed by atoms with Gasteiger partial charge in [-0.15, -0.1) is 0 Å². The molecule has 5 nitrogen and oxygen atoms in total. The Bertz CT molecular complexity index is 401. The molecular formula is C13H22ClN3O2. The molecule has 0 aliphatic rings. The Balaban J connectivity index is 2.76. The maximum atomic E-state index is 9.47. The summed E-state index contributed by atoms with van der Waals surface area (Å²) in [5.74, 6) is 0.584. The molecule has 0 saturated carbocycles. The van der Waals surface area contributed by atoms with Crippen molar-refractivity contribution in [1.82, 2.24) is 9.97 Å². The van der Waals surface area contributed by atoms with Crippen molar-refractivity contribution >= 4 is 17.4 Å². The molecule has 0 aromatic carbocycles. The van der Waals surface area contributed by atoms with E-state index in [1.807, 2.05) is 34.6 Å². The first-order valence-corrected chi connectivity index (χ1v) is 6.65. The lowest BCUT2D eigenvalue weighted by Crippen LogP contribution is -2.41. The molecule has 0 bridgehead atoms. The van der Waals surface area contributed by atoms with Gasteiger partial charge in [-0.05, 0) is 46.2 Å². The third-order valence-electron chi connectivity index (χ3n) is 2.46. The summed E-state index contributed by atoms with van der Waals surface area (Å²) in [4.78, 5) is 8.07. The van der Waals surface area contributed by atoms with E-state index in [4.69, 9.17) is 16.3 Å². The zero-order chi connectivity index (χ0) is 14.6. The number of nitrogens with one attached hydrogen (secondary N) is 1. The van der Waals surface area contributed by atoms with Gasteiger partial charge < -0.3 is 15.2 Å². The molecule has 0 radical (unpaired) electrons. The van der Waals surface area contributed by atoms with Gasteiger partial charge >= 0.3 is 0 Å². The Kier molecular flexibility index (Phi) is 5.52. The quantitative estimate of drug-likeness (QED) is 0.814. The molecule has 0 amide bonds. The zero-order valence-electron chi connectivity index (χ0n) is 12.1. The number of hydrogen-bond acceptors (Lipinski definition) is 5. The summed E-state index contributed by atoms with van der Waals surface area (Å²) in [5, 5.41) is 12.8. The van der Waals surface area contributed by atoms with Crippen LogP contribution in [0.1, 0.15) is 33.4 Å². The second-order valence-corrected chi connectivity index (χ2v) is 5.87. The molecule has 0 aliphatic heterocycles. The zero-order valence-corrected chi connectivity index (χ0v) is 12.8. The largest absolute Gasteiger partial charge is 0.394 e. The molecule has 0 saturated heterocycles. The van der Waals surface area contributed by atoms with Crippen molar-refractivity contribution in [2.45, 2.75) is 52.4 Å². The van der Waals surface area contributed by atoms with Crippen LogP contribution in [0.4, 0.5) is 5.82 Å². The summed E-state index contributed by atoms with van der Waals surface area (Å²) in [6, 6.07) is 1.52. The van der Waals surface area contributed by atoms with Crippen LogP contribution in [0.15, 0.2) is 6.07 Å². The van der Waals surface area contributed by atoms with Crippen LogP contribution in [-0.4, -0.2) is 39.4 Å². The summed E-state index contributed by atoms with van der Waals surface area (Å²) < 4.78 is 5.82. The van der Waals surface area contributed by atoms with Crippen molar-refractivity contribution in [3.8, 4) is 0 Å². The highest BCUT2D eigenvalue weighted by molar-refractivity contribution is 6.28. The van der Waals surface area contributed by atoms with Gasteiger partial charge in [-0.2, -0.15) is 0 Å². The first kappa shape index (κ1) is 16.1. The molecule has 0 unspecified atom stereocenters. The van der Waals surface area contributed by atoms with E-state index >= 15 is 0 Å². The second kappa shape index (κ2) is 6.50. The fraction of sp³-hybridized carbons (Fsp3) is 0.692. The van der Waals surface area contributed by atoms with Gasteiger partial charge in [-0.25, -0.2) is 9.97 Å². The van der Waals surface area contributed by atoms with Crippen LogP contribution >= 0.6 is 11.6 Å². The monoisotopic (exact) mass is 287 g/mol. The van der Waals surface area contributed by atoms with Gasteiger partial charge in [0.05, 0.1) is 24.4 Å². The third-order valence-corrected chi connectivity index (χ3v) is 2.63. The van der Waals surface area contributed by atoms with Crippen molar-refractivity contribution in [3.63, 3.8) is 0 Å². The predicted octanol–water partition coefficient (Wildman–Crippen LogP) is 2.41. The molecule has 6 heteroatoms. The standard InChI is InChI=1S/C13H22ClN3O2/c1-8-6-11(17-12(14)15-8)16-10(7-18)9(2)19-13(3,4)5/h6,9-10,18H,7H2,1-5H3,(H,15,16,17)/t9-,10-/m1/s1. The van der Waals surface area contributed by atoms with E-state index in [2.05, 4.69) is 15.3 Å². The Morgan fingerprint density at radius 3 is 2.53 bits per heavy atom. The summed E-state index contributed by atoms with van der Waals surface area (Å²) in [6.07, 6.45) is -0.168. The average Bonchev–Trinajstić information content (AvgIpc) is 2.21. The number of aromatic nitrogens is 2. The van der Waals surface area contributed by atoms with Crippen molar-refractivity contribution in [1.29, 1.82) is 0 Å². The van der Waals surface area contributed by atoms with Gasteiger partial charge in [-0.1, -0.05) is 0 Å². The van der Waals surface area contributed by atoms with E-state index < -0.39 is 0 Å². The first-order valence-electron chi connectivity index (χ1n) is 6.27. The summed E-state index contributed by atoms with van der Waals surface area (Å²) in [6.45, 7) is 9.62. The lowest BCUT2D eigenvalue weighted by atomic mass is 10.1. The van der Waals surface area contributed by atoms with E-state index in [1.165, 1.54) is 0 Å². The Labute approximate surface area is 119 Å². The summed E-state index contributed by atoms with van der Waals surface area (Å²) in [5.41, 5.74) is 0.497. The van der Waals surface area contributed by atoms with Crippen molar-refractivity contribution in [2.24, 2.45) is 0 Å². The fourth-order valence-corrected chi connectivity index (χ4v) is 1.97. The molecule has 0 aliphatic carbocycles. The van der Waals surface area contributed by atoms with Gasteiger partial charge in [0.15, 0.2) is 0 Å². The van der Waals surface area contributed by atoms with Crippen LogP contribution in [-0.2, 0) is 4.74 Å². The molecule has 2 N–H and O–H groups in total. The number of aliphatic hydroxyl groups is 1. The highest BCUT2D eigenvalue weighted by Gasteiger charge is 2.23. The number of aliphatic hydroxyl groups excluding tert-OH is 1. The van der Waals surface area contributed by atoms with Crippen LogP contribution in [0.3, 0.4) is 0 Å². The molecule has 1 heterocycles. The molecule has 19 heavy (non-hydrogen) atoms. The number of hydrogen-bond donors (Lipinski definition) is 2. The minimum absolute atomic E-state index is 0.0576. The topological polar surface area (TPSA) is 67.3 Å². The maximum absolute atomic E-state index is 9.47. The highest BCUT2D eigenvalue weighted by atomic mass is 35.5. The van der Waals surface area contributed by atoms with Crippen molar-refractivity contribution in [2.75, 3.05) is 11.9 Å². The van der Waals surface area contributed by atoms with Crippen LogP contribution in [0, 0.1) is 6.92 Å². The second-order valence-electron chi connectivity index (χ2n) is 5.53. The number of ether oxygens (including phenoxy) is 1. The fourth-order valence-electron chi connectivity index (χ4n) is 1.75. The van der Waals surface area contributed by atoms with E-state index in [9.17, 15) is 5.11 Å². The lowest BCUT2D eigenvalue weighted by molar-refractivity contribution is -0.0638. The lowest BCUT2D eigenvalue weighted by Gasteiger charge is -2.30. The number of aryl methyl sites for hydroxylation is 1. The Morgan fingerprint density at radius 2 is 2.05 bits per heavy atom. The van der Waals surface area contributed by atoms with Gasteiger partial charge in [0.25, 0.3) is 0 Å². The van der Waals surface area contributed by atoms with E-state index in [0.717, 1.165) is 5.69 Å². The maximum Gasteiger partial charge on any atom is 0.224 e. The summed E-state index contributed by atoms with van der Waals surface area (Å²) >= 11 is 5.81. The molecule has 0 spiro atoms. The average molecular weight is 288 g/mol. The van der Waals surface area contributed by atoms with Crippen LogP contribution in [0.2, 0.25) is 5.28 Å². The van der Waals surface area contributed by atoms with Crippen LogP contribution in [0.25, 0.3) is 0 Å². The van der Waals surface area contributed by atoms with Gasteiger partial charge in [0, 0.05) is 11.8 Å². The molecule has 0 fully saturated rings. The van der Waals surface area contributed by atoms with Crippen molar-refractivity contribution in [3.05, 3.63) is 17.0 Å². The molecular weight excluding hydrogens is 266 g/mol. The third kappa shape index (κ3) is 5.72. The minimum atomic E-state index is -0.270. The SMILES string of the molecule is Cc1cc(N[C@H](CO)[C@@H](C)OC(C)(C)C)nc(Cl)n1. The summed E-state index contributed by atoms with van der Waals surface area (Å²) in [7, 11) is 0. The Hall–Kier alpha value is -0.910. The van der Waals surface area contributed by atoms with E-state index in [-0.39, 0.29) is 29.6 Å². The smallest absolute Gasteiger partial charge is 0.224 e. The van der Waals surface area contributed by atoms with E-state index in [0.29, 0.717) is 5.82 Å². The number of rotatable bonds is 5. The predicted molar refractivity (Wildman–Crippen MR) is 76.6 cm³/mol. The highest BCUT2D eigenvalue weighted by Crippen LogP contribution is 2.16. The normalized spacial score (nSPS) is 15.1. The van der Waals surface area contributed by atoms with Gasteiger partial charge in [-0.3, -0.25) is 0 Å². The molecule has 1 aromatic heterocycles. The van der Waals surface area contributed by atoms with Crippen LogP contribution in [0.5, 0.6) is 0 Å². The first-order chi connectivity index (χ1) is 8.71. The molecule has 1 rings (SSSR count). The number of nitrogens with zero attached hydrogens (tertiary/aromatic N) is 2. The Morgan fingerprint density at radius 1 is 1.42 bits per heavy atom. The molecule has 1 aromatic rings. The van der Waals surface area contributed by atoms with Crippen molar-refractivity contribution < 1.29 is 9.84 Å². The number of halogens is 1. The molecule has 2 atom stereocenters. The number of anilines is 1. The minimum Gasteiger partial charge on any atom is -0.394 e. The van der Waals surface area contributed by atoms with Gasteiger partial charge in [0.1, 0.15) is 5.82 Å². The molecule has 108 valence electrons.